The van der Waals surface area contributed by atoms with Crippen molar-refractivity contribution in [3.63, 3.8) is 0 Å². The molecule has 2 aromatic rings. The Morgan fingerprint density at radius 1 is 1.39 bits per heavy atom. The molecule has 2 rings (SSSR count). The van der Waals surface area contributed by atoms with Gasteiger partial charge in [-0.25, -0.2) is 0 Å². The summed E-state index contributed by atoms with van der Waals surface area (Å²) in [6, 6.07) is 5.58. The molecule has 0 atom stereocenters. The van der Waals surface area contributed by atoms with Gasteiger partial charge in [0.1, 0.15) is 5.84 Å². The van der Waals surface area contributed by atoms with E-state index in [-0.39, 0.29) is 5.84 Å². The van der Waals surface area contributed by atoms with Gasteiger partial charge < -0.3 is 5.73 Å². The van der Waals surface area contributed by atoms with Crippen molar-refractivity contribution in [2.75, 3.05) is 6.26 Å². The minimum atomic E-state index is 0.0628. The number of halogens is 1. The Balaban J connectivity index is 2.21. The first-order chi connectivity index (χ1) is 8.60. The Hall–Kier alpha value is -0.570. The Kier molecular flexibility index (Phi) is 4.66. The number of nitrogen functional groups attached to an aromatic ring is 1. The van der Waals surface area contributed by atoms with Crippen LogP contribution in [0.25, 0.3) is 0 Å². The number of nitrogens with two attached hydrogens (primary N) is 1. The third-order valence-corrected chi connectivity index (χ3v) is 5.95. The van der Waals surface area contributed by atoms with Gasteiger partial charge >= 0.3 is 0 Å². The normalized spacial score (nSPS) is 10.6. The highest BCUT2D eigenvalue weighted by Gasteiger charge is 2.09. The van der Waals surface area contributed by atoms with Crippen LogP contribution < -0.4 is 5.73 Å². The summed E-state index contributed by atoms with van der Waals surface area (Å²) in [6.07, 6.45) is 1.98. The maximum absolute atomic E-state index is 7.38. The smallest absolute Gasteiger partial charge is 0.179 e. The van der Waals surface area contributed by atoms with Crippen molar-refractivity contribution in [2.45, 2.75) is 13.6 Å². The Morgan fingerprint density at radius 3 is 2.67 bits per heavy atom. The maximum Gasteiger partial charge on any atom is 0.179 e. The van der Waals surface area contributed by atoms with Crippen LogP contribution in [-0.2, 0) is 0 Å². The van der Waals surface area contributed by atoms with Crippen LogP contribution in [0, 0.1) is 5.41 Å². The summed E-state index contributed by atoms with van der Waals surface area (Å²) in [7, 11) is 0. The molecule has 0 amide bonds. The fourth-order valence-electron chi connectivity index (χ4n) is 1.17. The molecular formula is C10H9BrN4S3. The number of amidine groups is 1. The van der Waals surface area contributed by atoms with E-state index in [9.17, 15) is 0 Å². The minimum absolute atomic E-state index is 0.0628. The molecule has 4 nitrogen and oxygen atoms in total. The van der Waals surface area contributed by atoms with Gasteiger partial charge in [0.25, 0.3) is 0 Å². The summed E-state index contributed by atoms with van der Waals surface area (Å²) in [5.74, 6) is 0.0628. The first-order valence-corrected chi connectivity index (χ1v) is 8.44. The van der Waals surface area contributed by atoms with E-state index in [2.05, 4.69) is 26.1 Å². The third kappa shape index (κ3) is 3.25. The van der Waals surface area contributed by atoms with Gasteiger partial charge in [0.05, 0.1) is 0 Å². The first kappa shape index (κ1) is 13.9. The van der Waals surface area contributed by atoms with Crippen LogP contribution >= 0.6 is 50.8 Å². The lowest BCUT2D eigenvalue weighted by Gasteiger charge is -2.04. The second-order valence-corrected chi connectivity index (χ2v) is 7.37. The summed E-state index contributed by atoms with van der Waals surface area (Å²) in [5.41, 5.74) is 6.14. The SMILES string of the molecule is CSc1nnc(Sc2ccc(C(=N)N)cc2Br)s1. The molecule has 0 saturated carbocycles. The van der Waals surface area contributed by atoms with Gasteiger partial charge in [0.15, 0.2) is 8.68 Å². The minimum Gasteiger partial charge on any atom is -0.384 e. The zero-order valence-electron chi connectivity index (χ0n) is 9.31. The first-order valence-electron chi connectivity index (χ1n) is 4.79. The van der Waals surface area contributed by atoms with Crippen LogP contribution in [0.1, 0.15) is 5.56 Å². The largest absolute Gasteiger partial charge is 0.384 e. The predicted molar refractivity (Wildman–Crippen MR) is 81.0 cm³/mol. The molecule has 0 aliphatic rings. The number of benzene rings is 1. The van der Waals surface area contributed by atoms with Crippen molar-refractivity contribution in [2.24, 2.45) is 5.73 Å². The molecule has 0 unspecified atom stereocenters. The van der Waals surface area contributed by atoms with Gasteiger partial charge in [-0.2, -0.15) is 0 Å². The fourth-order valence-corrected chi connectivity index (χ4v) is 4.19. The number of hydrogen-bond donors (Lipinski definition) is 2. The monoisotopic (exact) mass is 360 g/mol. The standard InChI is InChI=1S/C10H9BrN4S3/c1-16-9-14-15-10(18-9)17-7-3-2-5(8(12)13)4-6(7)11/h2-4H,1H3,(H3,12,13). The van der Waals surface area contributed by atoms with Crippen LogP contribution in [0.3, 0.4) is 0 Å². The number of nitrogens with one attached hydrogen (secondary N) is 1. The van der Waals surface area contributed by atoms with E-state index < -0.39 is 0 Å². The van der Waals surface area contributed by atoms with Crippen molar-refractivity contribution in [3.8, 4) is 0 Å². The van der Waals surface area contributed by atoms with Crippen molar-refractivity contribution < 1.29 is 0 Å². The van der Waals surface area contributed by atoms with Crippen LogP contribution in [-0.4, -0.2) is 22.3 Å². The molecule has 0 saturated heterocycles. The maximum atomic E-state index is 7.38. The lowest BCUT2D eigenvalue weighted by atomic mass is 10.2. The van der Waals surface area contributed by atoms with Gasteiger partial charge in [0.2, 0.25) is 0 Å². The summed E-state index contributed by atoms with van der Waals surface area (Å²) in [6.45, 7) is 0. The van der Waals surface area contributed by atoms with Crippen LogP contribution in [0.2, 0.25) is 0 Å². The Morgan fingerprint density at radius 2 is 2.11 bits per heavy atom. The summed E-state index contributed by atoms with van der Waals surface area (Å²) in [5, 5.41) is 15.5. The van der Waals surface area contributed by atoms with Crippen molar-refractivity contribution in [1.82, 2.24) is 10.2 Å². The number of rotatable bonds is 4. The van der Waals surface area contributed by atoms with Crippen LogP contribution in [0.15, 0.2) is 36.2 Å². The van der Waals surface area contributed by atoms with Gasteiger partial charge in [-0.05, 0) is 34.3 Å². The van der Waals surface area contributed by atoms with E-state index in [0.717, 1.165) is 18.0 Å². The molecule has 0 spiro atoms. The van der Waals surface area contributed by atoms with Gasteiger partial charge in [0, 0.05) is 14.9 Å². The quantitative estimate of drug-likeness (QED) is 0.496. The number of thioether (sulfide) groups is 1. The third-order valence-electron chi connectivity index (χ3n) is 2.00. The number of hydrogen-bond acceptors (Lipinski definition) is 6. The molecule has 94 valence electrons. The average Bonchev–Trinajstić information content (AvgIpc) is 2.79. The molecule has 1 aromatic heterocycles. The second-order valence-electron chi connectivity index (χ2n) is 3.20. The molecule has 0 bridgehead atoms. The van der Waals surface area contributed by atoms with Gasteiger partial charge in [-0.3, -0.25) is 5.41 Å². The van der Waals surface area contributed by atoms with E-state index in [1.807, 2.05) is 24.5 Å². The summed E-state index contributed by atoms with van der Waals surface area (Å²) < 4.78 is 2.76. The van der Waals surface area contributed by atoms with E-state index in [1.54, 1.807) is 34.9 Å². The second kappa shape index (κ2) is 6.05. The topological polar surface area (TPSA) is 75.7 Å². The van der Waals surface area contributed by atoms with E-state index in [4.69, 9.17) is 11.1 Å². The van der Waals surface area contributed by atoms with Gasteiger partial charge in [-0.15, -0.1) is 10.2 Å². The summed E-state index contributed by atoms with van der Waals surface area (Å²) in [4.78, 5) is 1.03. The molecular weight excluding hydrogens is 352 g/mol. The number of aromatic nitrogens is 2. The molecule has 1 heterocycles. The van der Waals surface area contributed by atoms with E-state index in [0.29, 0.717) is 5.56 Å². The van der Waals surface area contributed by atoms with Gasteiger partial charge in [-0.1, -0.05) is 40.9 Å². The van der Waals surface area contributed by atoms with Crippen LogP contribution in [0.4, 0.5) is 0 Å². The zero-order chi connectivity index (χ0) is 13.1. The molecule has 8 heteroatoms. The molecule has 3 N–H and O–H groups in total. The average molecular weight is 361 g/mol. The molecule has 0 aliphatic heterocycles. The Labute approximate surface area is 125 Å². The highest BCUT2D eigenvalue weighted by atomic mass is 79.9. The fraction of sp³-hybridized carbons (Fsp3) is 0.100. The zero-order valence-corrected chi connectivity index (χ0v) is 13.3. The Bertz CT molecular complexity index is 584. The molecule has 1 aromatic carbocycles. The lowest BCUT2D eigenvalue weighted by molar-refractivity contribution is 0.955. The van der Waals surface area contributed by atoms with Crippen LogP contribution in [0.5, 0.6) is 0 Å². The van der Waals surface area contributed by atoms with Crippen molar-refractivity contribution in [3.05, 3.63) is 28.2 Å². The van der Waals surface area contributed by atoms with E-state index in [1.165, 1.54) is 0 Å². The molecule has 0 fully saturated rings. The van der Waals surface area contributed by atoms with E-state index >= 15 is 0 Å². The number of nitrogens with zero attached hydrogens (tertiary/aromatic N) is 2. The molecule has 0 aliphatic carbocycles. The predicted octanol–water partition coefficient (Wildman–Crippen LogP) is 3.46. The highest BCUT2D eigenvalue weighted by molar-refractivity contribution is 9.10. The lowest BCUT2D eigenvalue weighted by Crippen LogP contribution is -2.10. The molecule has 0 radical (unpaired) electrons. The molecule has 18 heavy (non-hydrogen) atoms. The summed E-state index contributed by atoms with van der Waals surface area (Å²) >= 11 is 8.17. The van der Waals surface area contributed by atoms with Crippen molar-refractivity contribution >= 4 is 56.6 Å². The van der Waals surface area contributed by atoms with Crippen molar-refractivity contribution in [1.29, 1.82) is 5.41 Å². The highest BCUT2D eigenvalue weighted by Crippen LogP contribution is 2.36.